The van der Waals surface area contributed by atoms with Gasteiger partial charge in [0, 0.05) is 5.56 Å². The summed E-state index contributed by atoms with van der Waals surface area (Å²) in [6.07, 6.45) is 0. The van der Waals surface area contributed by atoms with Crippen molar-refractivity contribution in [1.82, 2.24) is 0 Å². The van der Waals surface area contributed by atoms with Gasteiger partial charge >= 0.3 is 29.6 Å². The van der Waals surface area contributed by atoms with Crippen molar-refractivity contribution in [1.29, 1.82) is 0 Å². The Balaban J connectivity index is 0.000000980. The molecule has 0 N–H and O–H groups in total. The Kier molecular flexibility index (Phi) is 3.31. The number of nitrogens with zero attached hydrogens (tertiary/aromatic N) is 1. The van der Waals surface area contributed by atoms with Gasteiger partial charge in [0.1, 0.15) is 11.7 Å². The summed E-state index contributed by atoms with van der Waals surface area (Å²) in [5, 5.41) is 3.56. The Morgan fingerprint density at radius 1 is 1.29 bits per heavy atom. The Hall–Kier alpha value is -0.840. The normalized spacial score (nSPS) is 12.9. The van der Waals surface area contributed by atoms with E-state index in [0.29, 0.717) is 17.0 Å². The van der Waals surface area contributed by atoms with Gasteiger partial charge in [-0.05, 0) is 12.1 Å². The smallest absolute Gasteiger partial charge is 0.619 e. The van der Waals surface area contributed by atoms with E-state index in [1.807, 2.05) is 0 Å². The number of rotatable bonds is 1. The molecular weight excluding hydrogens is 193 g/mol. The second-order valence-corrected chi connectivity index (χ2v) is 2.63. The van der Waals surface area contributed by atoms with Crippen molar-refractivity contribution in [2.24, 2.45) is 0 Å². The van der Waals surface area contributed by atoms with Gasteiger partial charge in [-0.15, -0.1) is 5.69 Å². The second kappa shape index (κ2) is 4.13. The molecule has 1 aromatic rings. The van der Waals surface area contributed by atoms with E-state index >= 15 is 0 Å². The SMILES string of the molecule is COc1ccc2c(c1)C(=O)C(=O)[N-]2.[Na+]. The molecule has 0 saturated carbocycles. The predicted molar refractivity (Wildman–Crippen MR) is 45.4 cm³/mol. The van der Waals surface area contributed by atoms with E-state index in [1.54, 1.807) is 12.1 Å². The number of ether oxygens (including phenoxy) is 1. The zero-order valence-electron chi connectivity index (χ0n) is 7.90. The van der Waals surface area contributed by atoms with E-state index in [4.69, 9.17) is 4.74 Å². The molecule has 1 aliphatic heterocycles. The van der Waals surface area contributed by atoms with Crippen LogP contribution in [0.3, 0.4) is 0 Å². The van der Waals surface area contributed by atoms with Gasteiger partial charge in [-0.3, -0.25) is 4.79 Å². The maximum atomic E-state index is 11.2. The van der Waals surface area contributed by atoms with Crippen molar-refractivity contribution in [3.63, 3.8) is 0 Å². The van der Waals surface area contributed by atoms with Crippen molar-refractivity contribution in [2.75, 3.05) is 7.11 Å². The second-order valence-electron chi connectivity index (χ2n) is 2.63. The molecule has 1 amide bonds. The molecule has 2 rings (SSSR count). The fourth-order valence-corrected chi connectivity index (χ4v) is 1.20. The minimum absolute atomic E-state index is 0. The Morgan fingerprint density at radius 3 is 2.64 bits per heavy atom. The molecule has 1 heterocycles. The topological polar surface area (TPSA) is 57.5 Å². The number of fused-ring (bicyclic) bond motifs is 1. The first-order chi connectivity index (χ1) is 6.22. The monoisotopic (exact) mass is 199 g/mol. The first-order valence-electron chi connectivity index (χ1n) is 3.71. The Labute approximate surface area is 103 Å². The van der Waals surface area contributed by atoms with Gasteiger partial charge in [-0.2, -0.15) is 0 Å². The molecule has 66 valence electrons. The van der Waals surface area contributed by atoms with Gasteiger partial charge in [0.05, 0.1) is 7.11 Å². The molecule has 0 unspecified atom stereocenters. The molecular formula is C9H6NNaO3. The number of carbonyl (C=O) groups is 2. The number of carbonyl (C=O) groups excluding carboxylic acids is 2. The van der Waals surface area contributed by atoms with E-state index < -0.39 is 11.7 Å². The van der Waals surface area contributed by atoms with E-state index in [1.165, 1.54) is 13.2 Å². The maximum Gasteiger partial charge on any atom is 1.00 e. The van der Waals surface area contributed by atoms with Crippen molar-refractivity contribution >= 4 is 17.4 Å². The zero-order chi connectivity index (χ0) is 9.42. The molecule has 0 bridgehead atoms. The van der Waals surface area contributed by atoms with Crippen LogP contribution in [0.5, 0.6) is 5.75 Å². The fourth-order valence-electron chi connectivity index (χ4n) is 1.20. The summed E-state index contributed by atoms with van der Waals surface area (Å²) in [4.78, 5) is 22.0. The summed E-state index contributed by atoms with van der Waals surface area (Å²) in [6.45, 7) is 0. The summed E-state index contributed by atoms with van der Waals surface area (Å²) in [5.41, 5.74) is 0.750. The van der Waals surface area contributed by atoms with Crippen LogP contribution in [0.2, 0.25) is 0 Å². The number of hydrogen-bond acceptors (Lipinski definition) is 3. The van der Waals surface area contributed by atoms with Gasteiger partial charge in [0.25, 0.3) is 0 Å². The number of Topliss-reactive ketones (excluding diaryl/α,β-unsaturated/α-hetero) is 1. The fraction of sp³-hybridized carbons (Fsp3) is 0.111. The third-order valence-corrected chi connectivity index (χ3v) is 1.86. The van der Waals surface area contributed by atoms with Crippen LogP contribution in [-0.2, 0) is 4.79 Å². The van der Waals surface area contributed by atoms with Gasteiger partial charge < -0.3 is 14.8 Å². The van der Waals surface area contributed by atoms with E-state index in [0.717, 1.165) is 0 Å². The summed E-state index contributed by atoms with van der Waals surface area (Å²) < 4.78 is 4.92. The summed E-state index contributed by atoms with van der Waals surface area (Å²) in [7, 11) is 1.50. The first-order valence-corrected chi connectivity index (χ1v) is 3.71. The molecule has 4 nitrogen and oxygen atoms in total. The van der Waals surface area contributed by atoms with Crippen molar-refractivity contribution in [3.05, 3.63) is 29.1 Å². The third-order valence-electron chi connectivity index (χ3n) is 1.86. The van der Waals surface area contributed by atoms with Gasteiger partial charge in [0.15, 0.2) is 0 Å². The number of amides is 1. The molecule has 0 aliphatic carbocycles. The summed E-state index contributed by atoms with van der Waals surface area (Å²) in [5.74, 6) is -0.714. The van der Waals surface area contributed by atoms with E-state index in [9.17, 15) is 9.59 Å². The van der Waals surface area contributed by atoms with Crippen LogP contribution in [0, 0.1) is 0 Å². The number of benzene rings is 1. The zero-order valence-corrected chi connectivity index (χ0v) is 9.90. The minimum Gasteiger partial charge on any atom is -0.619 e. The quantitative estimate of drug-likeness (QED) is 0.405. The van der Waals surface area contributed by atoms with Crippen molar-refractivity contribution in [3.8, 4) is 5.75 Å². The van der Waals surface area contributed by atoms with Crippen LogP contribution in [0.1, 0.15) is 10.4 Å². The minimum atomic E-state index is -0.705. The summed E-state index contributed by atoms with van der Waals surface area (Å²) >= 11 is 0. The first kappa shape index (κ1) is 11.2. The molecule has 1 aliphatic rings. The predicted octanol–water partition coefficient (Wildman–Crippen LogP) is -1.57. The van der Waals surface area contributed by atoms with E-state index in [-0.39, 0.29) is 29.6 Å². The van der Waals surface area contributed by atoms with Gasteiger partial charge in [-0.1, -0.05) is 6.07 Å². The molecule has 0 atom stereocenters. The van der Waals surface area contributed by atoms with Gasteiger partial charge in [-0.25, -0.2) is 0 Å². The molecule has 1 aromatic carbocycles. The van der Waals surface area contributed by atoms with E-state index in [2.05, 4.69) is 5.32 Å². The molecule has 0 saturated heterocycles. The van der Waals surface area contributed by atoms with Crippen molar-refractivity contribution < 1.29 is 43.9 Å². The molecule has 0 radical (unpaired) electrons. The largest absolute Gasteiger partial charge is 1.00 e. The number of ketones is 1. The molecule has 0 fully saturated rings. The number of methoxy groups -OCH3 is 1. The average molecular weight is 199 g/mol. The van der Waals surface area contributed by atoms with Gasteiger partial charge in [0.2, 0.25) is 5.78 Å². The van der Waals surface area contributed by atoms with Crippen LogP contribution >= 0.6 is 0 Å². The standard InChI is InChI=1S/C9H7NO3.Na/c1-13-5-2-3-7-6(4-5)8(11)9(12)10-7;/h2-4H,1H3,(H,10,11,12);/q;+1/p-1. The molecule has 0 aromatic heterocycles. The average Bonchev–Trinajstić information content (AvgIpc) is 2.43. The molecule has 14 heavy (non-hydrogen) atoms. The van der Waals surface area contributed by atoms with Crippen LogP contribution in [0.4, 0.5) is 5.69 Å². The number of hydrogen-bond donors (Lipinski definition) is 0. The van der Waals surface area contributed by atoms with Crippen LogP contribution in [0.25, 0.3) is 5.32 Å². The Morgan fingerprint density at radius 2 is 2.00 bits per heavy atom. The summed E-state index contributed by atoms with van der Waals surface area (Å²) in [6, 6.07) is 4.78. The van der Waals surface area contributed by atoms with Crippen molar-refractivity contribution in [2.45, 2.75) is 0 Å². The molecule has 5 heteroatoms. The third kappa shape index (κ3) is 1.68. The molecule has 0 spiro atoms. The maximum absolute atomic E-state index is 11.2. The van der Waals surface area contributed by atoms with Crippen LogP contribution in [-0.4, -0.2) is 18.8 Å². The Bertz CT molecular complexity index is 403. The van der Waals surface area contributed by atoms with Crippen LogP contribution < -0.4 is 34.3 Å². The van der Waals surface area contributed by atoms with Crippen LogP contribution in [0.15, 0.2) is 18.2 Å².